The predicted molar refractivity (Wildman–Crippen MR) is 23.1 cm³/mol. The van der Waals surface area contributed by atoms with Gasteiger partial charge >= 0.3 is 0 Å². The molecule has 0 aromatic heterocycles. The zero-order valence-corrected chi connectivity index (χ0v) is 3.28. The molecular weight excluding hydrogens is 66.0 g/mol. The molecule has 3 nitrogen and oxygen atoms in total. The van der Waals surface area contributed by atoms with Crippen molar-refractivity contribution in [3.05, 3.63) is 0 Å². The van der Waals surface area contributed by atoms with Crippen LogP contribution in [0.25, 0.3) is 0 Å². The van der Waals surface area contributed by atoms with Crippen molar-refractivity contribution in [1.82, 2.24) is 6.15 Å². The fraction of sp³-hybridized carbons (Fsp3) is 1.00. The maximum atomic E-state index is 4.90. The summed E-state index contributed by atoms with van der Waals surface area (Å²) in [5.74, 6) is 0. The van der Waals surface area contributed by atoms with Gasteiger partial charge in [0, 0.05) is 13.1 Å². The number of nitrogens with two attached hydrogens (primary N) is 2. The van der Waals surface area contributed by atoms with E-state index in [1.54, 1.807) is 0 Å². The second-order valence-electron chi connectivity index (χ2n) is 0.577. The monoisotopic (exact) mass is 77.1 g/mol. The highest BCUT2D eigenvalue weighted by Gasteiger charge is 1.54. The van der Waals surface area contributed by atoms with Gasteiger partial charge in [0.15, 0.2) is 0 Å². The lowest BCUT2D eigenvalue weighted by atomic mass is 10.7. The van der Waals surface area contributed by atoms with Gasteiger partial charge in [-0.2, -0.15) is 0 Å². The molecule has 0 bridgehead atoms. The van der Waals surface area contributed by atoms with Crippen LogP contribution in [0.15, 0.2) is 0 Å². The summed E-state index contributed by atoms with van der Waals surface area (Å²) in [6, 6.07) is 0. The molecule has 0 spiro atoms. The first-order valence-corrected chi connectivity index (χ1v) is 1.32. The van der Waals surface area contributed by atoms with Crippen LogP contribution in [0, 0.1) is 0 Å². The maximum absolute atomic E-state index is 4.90. The lowest BCUT2D eigenvalue weighted by molar-refractivity contribution is 0.976. The first-order chi connectivity index (χ1) is 1.91. The van der Waals surface area contributed by atoms with Gasteiger partial charge in [-0.05, 0) is 0 Å². The van der Waals surface area contributed by atoms with Crippen molar-refractivity contribution in [2.24, 2.45) is 11.5 Å². The highest BCUT2D eigenvalue weighted by molar-refractivity contribution is 4.26. The van der Waals surface area contributed by atoms with E-state index in [-0.39, 0.29) is 6.15 Å². The molecule has 0 heterocycles. The molecular formula is C2H11N3. The van der Waals surface area contributed by atoms with Gasteiger partial charge in [0.05, 0.1) is 0 Å². The smallest absolute Gasteiger partial charge is 0.00461 e. The molecule has 0 aliphatic carbocycles. The van der Waals surface area contributed by atoms with E-state index in [1.807, 2.05) is 0 Å². The SMILES string of the molecule is N.NCCN. The molecule has 0 saturated carbocycles. The average Bonchev–Trinajstić information content (AvgIpc) is 1.37. The summed E-state index contributed by atoms with van der Waals surface area (Å²) >= 11 is 0. The van der Waals surface area contributed by atoms with E-state index in [0.29, 0.717) is 13.1 Å². The summed E-state index contributed by atoms with van der Waals surface area (Å²) in [7, 11) is 0. The van der Waals surface area contributed by atoms with E-state index < -0.39 is 0 Å². The Morgan fingerprint density at radius 3 is 1.20 bits per heavy atom. The fourth-order valence-electron chi connectivity index (χ4n) is 0. The van der Waals surface area contributed by atoms with Crippen LogP contribution in [0.1, 0.15) is 0 Å². The van der Waals surface area contributed by atoms with Crippen LogP contribution in [0.4, 0.5) is 0 Å². The van der Waals surface area contributed by atoms with Crippen LogP contribution in [0.2, 0.25) is 0 Å². The molecule has 7 N–H and O–H groups in total. The molecule has 0 aromatic carbocycles. The second kappa shape index (κ2) is 9.11. The van der Waals surface area contributed by atoms with Crippen molar-refractivity contribution >= 4 is 0 Å². The molecule has 3 heteroatoms. The largest absolute Gasteiger partial charge is 0.344 e. The summed E-state index contributed by atoms with van der Waals surface area (Å²) in [6.07, 6.45) is 0. The van der Waals surface area contributed by atoms with Gasteiger partial charge in [-0.15, -0.1) is 0 Å². The van der Waals surface area contributed by atoms with Gasteiger partial charge in [0.2, 0.25) is 0 Å². The van der Waals surface area contributed by atoms with Crippen LogP contribution in [0.3, 0.4) is 0 Å². The van der Waals surface area contributed by atoms with E-state index in [1.165, 1.54) is 0 Å². The zero-order valence-electron chi connectivity index (χ0n) is 3.28. The van der Waals surface area contributed by atoms with Crippen molar-refractivity contribution in [2.75, 3.05) is 13.1 Å². The maximum Gasteiger partial charge on any atom is 0.00461 e. The highest BCUT2D eigenvalue weighted by atomic mass is 14.6. The first-order valence-electron chi connectivity index (χ1n) is 1.32. The molecule has 0 saturated heterocycles. The van der Waals surface area contributed by atoms with E-state index >= 15 is 0 Å². The predicted octanol–water partition coefficient (Wildman–Crippen LogP) is -0.934. The minimum atomic E-state index is 0. The number of rotatable bonds is 1. The molecule has 0 radical (unpaired) electrons. The molecule has 0 unspecified atom stereocenters. The molecule has 0 aromatic rings. The van der Waals surface area contributed by atoms with E-state index in [0.717, 1.165) is 0 Å². The van der Waals surface area contributed by atoms with Crippen molar-refractivity contribution < 1.29 is 0 Å². The molecule has 0 atom stereocenters. The Hall–Kier alpha value is -0.120. The summed E-state index contributed by atoms with van der Waals surface area (Å²) in [4.78, 5) is 0. The van der Waals surface area contributed by atoms with Crippen LogP contribution >= 0.6 is 0 Å². The van der Waals surface area contributed by atoms with Crippen molar-refractivity contribution in [3.8, 4) is 0 Å². The first kappa shape index (κ1) is 8.86. The summed E-state index contributed by atoms with van der Waals surface area (Å²) < 4.78 is 0. The van der Waals surface area contributed by atoms with Gasteiger partial charge in [-0.3, -0.25) is 0 Å². The molecule has 0 aliphatic heterocycles. The van der Waals surface area contributed by atoms with E-state index in [9.17, 15) is 0 Å². The minimum absolute atomic E-state index is 0. The third-order valence-corrected chi connectivity index (χ3v) is 0.167. The highest BCUT2D eigenvalue weighted by Crippen LogP contribution is 1.24. The van der Waals surface area contributed by atoms with Crippen molar-refractivity contribution in [1.29, 1.82) is 0 Å². The van der Waals surface area contributed by atoms with Gasteiger partial charge in [0.25, 0.3) is 0 Å². The Morgan fingerprint density at radius 1 is 1.00 bits per heavy atom. The number of hydrogen-bond donors (Lipinski definition) is 3. The van der Waals surface area contributed by atoms with E-state index in [2.05, 4.69) is 0 Å². The van der Waals surface area contributed by atoms with Gasteiger partial charge in [-0.25, -0.2) is 0 Å². The Balaban J connectivity index is 0. The molecule has 34 valence electrons. The molecule has 5 heavy (non-hydrogen) atoms. The fourth-order valence-corrected chi connectivity index (χ4v) is 0. The van der Waals surface area contributed by atoms with Gasteiger partial charge in [0.1, 0.15) is 0 Å². The van der Waals surface area contributed by atoms with Crippen molar-refractivity contribution in [3.63, 3.8) is 0 Å². The Kier molecular flexibility index (Phi) is 16.1. The van der Waals surface area contributed by atoms with Crippen LogP contribution < -0.4 is 17.6 Å². The van der Waals surface area contributed by atoms with Gasteiger partial charge < -0.3 is 17.6 Å². The standard InChI is InChI=1S/C2H8N2.H3N/c3-1-2-4;/h1-4H2;1H3. The lowest BCUT2D eigenvalue weighted by Gasteiger charge is -1.72. The molecule has 0 aliphatic rings. The Morgan fingerprint density at radius 2 is 1.20 bits per heavy atom. The van der Waals surface area contributed by atoms with Gasteiger partial charge in [-0.1, -0.05) is 0 Å². The summed E-state index contributed by atoms with van der Waals surface area (Å²) in [6.45, 7) is 1.19. The average molecular weight is 77.1 g/mol. The normalized spacial score (nSPS) is 6.00. The summed E-state index contributed by atoms with van der Waals surface area (Å²) in [5, 5.41) is 0. The third-order valence-electron chi connectivity index (χ3n) is 0.167. The minimum Gasteiger partial charge on any atom is -0.344 e. The van der Waals surface area contributed by atoms with E-state index in [4.69, 9.17) is 11.5 Å². The topological polar surface area (TPSA) is 87.0 Å². The summed E-state index contributed by atoms with van der Waals surface area (Å²) in [5.41, 5.74) is 9.81. The van der Waals surface area contributed by atoms with Crippen LogP contribution in [0.5, 0.6) is 0 Å². The second-order valence-corrected chi connectivity index (χ2v) is 0.577. The molecule has 0 amide bonds. The quantitative estimate of drug-likeness (QED) is 0.377. The zero-order chi connectivity index (χ0) is 3.41. The molecule has 0 fully saturated rings. The Labute approximate surface area is 31.9 Å². The third kappa shape index (κ3) is 17.7. The van der Waals surface area contributed by atoms with Crippen LogP contribution in [-0.4, -0.2) is 13.1 Å². The van der Waals surface area contributed by atoms with Crippen LogP contribution in [-0.2, 0) is 0 Å². The lowest BCUT2D eigenvalue weighted by Crippen LogP contribution is -2.11. The number of hydrogen-bond acceptors (Lipinski definition) is 3. The molecule has 0 rings (SSSR count). The Bertz CT molecular complexity index is 6.85. The van der Waals surface area contributed by atoms with Crippen molar-refractivity contribution in [2.45, 2.75) is 0 Å².